The van der Waals surface area contributed by atoms with Gasteiger partial charge >= 0.3 is 5.97 Å². The smallest absolute Gasteiger partial charge is 0.335 e. The Morgan fingerprint density at radius 2 is 2.06 bits per heavy atom. The summed E-state index contributed by atoms with van der Waals surface area (Å²) in [4.78, 5) is 13.1. The Kier molecular flexibility index (Phi) is 3.31. The standard InChI is InChI=1S/C13H14N2O2/c1-2-10-7-11(13(16)17)9-12(8-10)15-5-3-14-4-6-15/h1,7-9,14H,3-6H2,(H,16,17). The maximum absolute atomic E-state index is 11.0. The number of hydrogen-bond acceptors (Lipinski definition) is 3. The van der Waals surface area contributed by atoms with Crippen LogP contribution in [0, 0.1) is 12.3 Å². The lowest BCUT2D eigenvalue weighted by Crippen LogP contribution is -2.43. The number of terminal acetylenes is 1. The van der Waals surface area contributed by atoms with Crippen molar-refractivity contribution in [3.05, 3.63) is 29.3 Å². The summed E-state index contributed by atoms with van der Waals surface area (Å²) in [5, 5.41) is 12.3. The van der Waals surface area contributed by atoms with Gasteiger partial charge in [0.15, 0.2) is 0 Å². The number of carboxylic acids is 1. The zero-order valence-corrected chi connectivity index (χ0v) is 9.44. The van der Waals surface area contributed by atoms with E-state index in [-0.39, 0.29) is 5.56 Å². The van der Waals surface area contributed by atoms with E-state index in [1.807, 2.05) is 6.07 Å². The van der Waals surface area contributed by atoms with E-state index in [1.54, 1.807) is 6.07 Å². The van der Waals surface area contributed by atoms with Gasteiger partial charge in [-0.05, 0) is 18.2 Å². The number of rotatable bonds is 2. The minimum absolute atomic E-state index is 0.244. The van der Waals surface area contributed by atoms with Gasteiger partial charge in [0.25, 0.3) is 0 Å². The van der Waals surface area contributed by atoms with Crippen LogP contribution in [-0.4, -0.2) is 37.3 Å². The van der Waals surface area contributed by atoms with Gasteiger partial charge in [0.2, 0.25) is 0 Å². The lowest BCUT2D eigenvalue weighted by atomic mass is 10.1. The van der Waals surface area contributed by atoms with Gasteiger partial charge in [-0.2, -0.15) is 0 Å². The number of aromatic carboxylic acids is 1. The van der Waals surface area contributed by atoms with Crippen molar-refractivity contribution in [2.24, 2.45) is 0 Å². The van der Waals surface area contributed by atoms with Gasteiger partial charge in [-0.3, -0.25) is 0 Å². The van der Waals surface area contributed by atoms with E-state index in [0.717, 1.165) is 31.9 Å². The van der Waals surface area contributed by atoms with E-state index in [2.05, 4.69) is 16.1 Å². The molecule has 0 spiro atoms. The molecule has 4 nitrogen and oxygen atoms in total. The third kappa shape index (κ3) is 2.58. The van der Waals surface area contributed by atoms with Crippen molar-refractivity contribution in [1.29, 1.82) is 0 Å². The van der Waals surface area contributed by atoms with Crippen LogP contribution in [-0.2, 0) is 0 Å². The lowest BCUT2D eigenvalue weighted by Gasteiger charge is -2.29. The second kappa shape index (κ2) is 4.89. The topological polar surface area (TPSA) is 52.6 Å². The first kappa shape index (κ1) is 11.5. The van der Waals surface area contributed by atoms with Crippen molar-refractivity contribution in [2.45, 2.75) is 0 Å². The summed E-state index contributed by atoms with van der Waals surface area (Å²) in [7, 11) is 0. The highest BCUT2D eigenvalue weighted by Gasteiger charge is 2.13. The highest BCUT2D eigenvalue weighted by molar-refractivity contribution is 5.89. The molecule has 1 aromatic rings. The molecule has 1 aromatic carbocycles. The molecule has 1 saturated heterocycles. The molecule has 0 atom stereocenters. The molecule has 17 heavy (non-hydrogen) atoms. The lowest BCUT2D eigenvalue weighted by molar-refractivity contribution is 0.0697. The molecule has 0 aliphatic carbocycles. The molecule has 1 fully saturated rings. The highest BCUT2D eigenvalue weighted by atomic mass is 16.4. The summed E-state index contributed by atoms with van der Waals surface area (Å²) in [6, 6.07) is 5.06. The molecule has 0 aromatic heterocycles. The molecule has 2 N–H and O–H groups in total. The second-order valence-electron chi connectivity index (χ2n) is 3.96. The first-order chi connectivity index (χ1) is 8.20. The molecule has 0 amide bonds. The number of nitrogens with one attached hydrogen (secondary N) is 1. The van der Waals surface area contributed by atoms with Crippen LogP contribution in [0.1, 0.15) is 15.9 Å². The number of anilines is 1. The van der Waals surface area contributed by atoms with Crippen LogP contribution < -0.4 is 10.2 Å². The predicted molar refractivity (Wildman–Crippen MR) is 66.4 cm³/mol. The van der Waals surface area contributed by atoms with Crippen LogP contribution in [0.5, 0.6) is 0 Å². The molecule has 0 bridgehead atoms. The first-order valence-electron chi connectivity index (χ1n) is 5.51. The van der Waals surface area contributed by atoms with Gasteiger partial charge in [-0.1, -0.05) is 5.92 Å². The van der Waals surface area contributed by atoms with Crippen LogP contribution >= 0.6 is 0 Å². The quantitative estimate of drug-likeness (QED) is 0.737. The van der Waals surface area contributed by atoms with Crippen LogP contribution in [0.2, 0.25) is 0 Å². The molecule has 1 aliphatic heterocycles. The minimum Gasteiger partial charge on any atom is -0.478 e. The van der Waals surface area contributed by atoms with Crippen LogP contribution in [0.25, 0.3) is 0 Å². The number of hydrogen-bond donors (Lipinski definition) is 2. The van der Waals surface area contributed by atoms with Crippen molar-refractivity contribution in [3.8, 4) is 12.3 Å². The molecule has 0 radical (unpaired) electrons. The number of benzene rings is 1. The molecule has 0 saturated carbocycles. The highest BCUT2D eigenvalue weighted by Crippen LogP contribution is 2.19. The Hall–Kier alpha value is -1.99. The summed E-state index contributed by atoms with van der Waals surface area (Å²) < 4.78 is 0. The van der Waals surface area contributed by atoms with E-state index >= 15 is 0 Å². The third-order valence-corrected chi connectivity index (χ3v) is 2.81. The van der Waals surface area contributed by atoms with E-state index in [0.29, 0.717) is 5.56 Å². The summed E-state index contributed by atoms with van der Waals surface area (Å²) in [5.74, 6) is 1.55. The maximum Gasteiger partial charge on any atom is 0.335 e. The third-order valence-electron chi connectivity index (χ3n) is 2.81. The molecule has 2 rings (SSSR count). The van der Waals surface area contributed by atoms with Crippen LogP contribution in [0.15, 0.2) is 18.2 Å². The number of piperazine rings is 1. The van der Waals surface area contributed by atoms with E-state index < -0.39 is 5.97 Å². The summed E-state index contributed by atoms with van der Waals surface area (Å²) in [6.45, 7) is 3.55. The van der Waals surface area contributed by atoms with Gasteiger partial charge in [0.1, 0.15) is 0 Å². The molecule has 4 heteroatoms. The van der Waals surface area contributed by atoms with Crippen molar-refractivity contribution in [2.75, 3.05) is 31.1 Å². The van der Waals surface area contributed by atoms with Crippen molar-refractivity contribution >= 4 is 11.7 Å². The fraction of sp³-hybridized carbons (Fsp3) is 0.308. The van der Waals surface area contributed by atoms with Gasteiger partial charge in [-0.15, -0.1) is 6.42 Å². The number of carbonyl (C=O) groups is 1. The summed E-state index contributed by atoms with van der Waals surface area (Å²) >= 11 is 0. The van der Waals surface area contributed by atoms with E-state index in [9.17, 15) is 4.79 Å². The van der Waals surface area contributed by atoms with Crippen molar-refractivity contribution in [1.82, 2.24) is 5.32 Å². The largest absolute Gasteiger partial charge is 0.478 e. The van der Waals surface area contributed by atoms with Crippen molar-refractivity contribution < 1.29 is 9.90 Å². The molecular formula is C13H14N2O2. The van der Waals surface area contributed by atoms with Gasteiger partial charge in [0, 0.05) is 37.4 Å². The number of carboxylic acid groups (broad SMARTS) is 1. The van der Waals surface area contributed by atoms with Gasteiger partial charge < -0.3 is 15.3 Å². The first-order valence-corrected chi connectivity index (χ1v) is 5.51. The zero-order valence-electron chi connectivity index (χ0n) is 9.44. The normalized spacial score (nSPS) is 15.4. The predicted octanol–water partition coefficient (Wildman–Crippen LogP) is 0.776. The molecule has 1 heterocycles. The SMILES string of the molecule is C#Cc1cc(C(=O)O)cc(N2CCNCC2)c1. The van der Waals surface area contributed by atoms with Crippen molar-refractivity contribution in [3.63, 3.8) is 0 Å². The molecule has 1 aliphatic rings. The Morgan fingerprint density at radius 1 is 1.35 bits per heavy atom. The fourth-order valence-corrected chi connectivity index (χ4v) is 1.92. The minimum atomic E-state index is -0.946. The van der Waals surface area contributed by atoms with Gasteiger partial charge in [0.05, 0.1) is 5.56 Å². The summed E-state index contributed by atoms with van der Waals surface area (Å²) in [5.41, 5.74) is 1.74. The Bertz CT molecular complexity index is 471. The number of nitrogens with zero attached hydrogens (tertiary/aromatic N) is 1. The van der Waals surface area contributed by atoms with E-state index in [4.69, 9.17) is 11.5 Å². The maximum atomic E-state index is 11.0. The average molecular weight is 230 g/mol. The molecule has 88 valence electrons. The van der Waals surface area contributed by atoms with E-state index in [1.165, 1.54) is 6.07 Å². The Balaban J connectivity index is 2.35. The Morgan fingerprint density at radius 3 is 2.65 bits per heavy atom. The van der Waals surface area contributed by atoms with Crippen LogP contribution in [0.4, 0.5) is 5.69 Å². The fourth-order valence-electron chi connectivity index (χ4n) is 1.92. The zero-order chi connectivity index (χ0) is 12.3. The van der Waals surface area contributed by atoms with Crippen LogP contribution in [0.3, 0.4) is 0 Å². The molecule has 0 unspecified atom stereocenters. The second-order valence-corrected chi connectivity index (χ2v) is 3.96. The molecular weight excluding hydrogens is 216 g/mol. The monoisotopic (exact) mass is 230 g/mol. The average Bonchev–Trinajstić information content (AvgIpc) is 2.39. The van der Waals surface area contributed by atoms with Gasteiger partial charge in [-0.25, -0.2) is 4.79 Å². The Labute approximate surface area is 100 Å². The summed E-state index contributed by atoms with van der Waals surface area (Å²) in [6.07, 6.45) is 5.34.